The van der Waals surface area contributed by atoms with Gasteiger partial charge < -0.3 is 10.2 Å². The van der Waals surface area contributed by atoms with Crippen LogP contribution >= 0.6 is 35.6 Å². The number of nitrogens with two attached hydrogens (primary N) is 1. The highest BCUT2D eigenvalue weighted by atomic mass is 127. The van der Waals surface area contributed by atoms with Crippen LogP contribution in [0.1, 0.15) is 12.5 Å². The lowest BCUT2D eigenvalue weighted by Gasteiger charge is -2.22. The Morgan fingerprint density at radius 2 is 1.95 bits per heavy atom. The van der Waals surface area contributed by atoms with Crippen molar-refractivity contribution >= 4 is 51.6 Å². The first-order valence-electron chi connectivity index (χ1n) is 6.56. The van der Waals surface area contributed by atoms with Crippen LogP contribution < -0.4 is 10.5 Å². The second kappa shape index (κ2) is 10.2. The van der Waals surface area contributed by atoms with E-state index in [1.807, 2.05) is 43.1 Å². The molecule has 0 fully saturated rings. The minimum Gasteiger partial charge on any atom is -0.357 e. The third-order valence-corrected chi connectivity index (χ3v) is 3.67. The Balaban J connectivity index is 0.00000441. The van der Waals surface area contributed by atoms with Gasteiger partial charge in [0.1, 0.15) is 0 Å². The lowest BCUT2D eigenvalue weighted by atomic mass is 10.2. The number of aliphatic imine (C=N–C) groups is 1. The van der Waals surface area contributed by atoms with Crippen molar-refractivity contribution in [1.82, 2.24) is 10.2 Å². The molecule has 126 valence electrons. The highest BCUT2D eigenvalue weighted by molar-refractivity contribution is 14.0. The number of nitrogens with zero attached hydrogens (tertiary/aromatic N) is 2. The SMILES string of the molecule is CCNC(=NCCS(N)(=O)=O)N(C)Cc1ccc(Cl)cc1.I. The van der Waals surface area contributed by atoms with Crippen LogP contribution in [0.4, 0.5) is 0 Å². The van der Waals surface area contributed by atoms with E-state index in [-0.39, 0.29) is 36.3 Å². The minimum absolute atomic E-state index is 0. The first-order chi connectivity index (χ1) is 9.81. The Labute approximate surface area is 154 Å². The molecule has 0 amide bonds. The van der Waals surface area contributed by atoms with E-state index in [4.69, 9.17) is 16.7 Å². The average molecular weight is 461 g/mol. The minimum atomic E-state index is -3.49. The van der Waals surface area contributed by atoms with Crippen molar-refractivity contribution in [1.29, 1.82) is 0 Å². The summed E-state index contributed by atoms with van der Waals surface area (Å²) in [6, 6.07) is 7.53. The summed E-state index contributed by atoms with van der Waals surface area (Å²) in [6.07, 6.45) is 0. The number of nitrogens with one attached hydrogen (secondary N) is 1. The first-order valence-corrected chi connectivity index (χ1v) is 8.65. The van der Waals surface area contributed by atoms with Gasteiger partial charge in [0, 0.05) is 25.2 Å². The second-order valence-electron chi connectivity index (χ2n) is 4.59. The van der Waals surface area contributed by atoms with Gasteiger partial charge in [-0.05, 0) is 24.6 Å². The third-order valence-electron chi connectivity index (χ3n) is 2.67. The molecular formula is C13H22ClIN4O2S. The van der Waals surface area contributed by atoms with E-state index in [1.54, 1.807) is 0 Å². The van der Waals surface area contributed by atoms with E-state index < -0.39 is 10.0 Å². The van der Waals surface area contributed by atoms with E-state index >= 15 is 0 Å². The molecule has 0 bridgehead atoms. The third kappa shape index (κ3) is 8.76. The Kier molecular flexibility index (Phi) is 9.97. The molecule has 1 rings (SSSR count). The number of benzene rings is 1. The van der Waals surface area contributed by atoms with Crippen molar-refractivity contribution in [2.24, 2.45) is 10.1 Å². The van der Waals surface area contributed by atoms with Crippen LogP contribution in [0.15, 0.2) is 29.3 Å². The maximum absolute atomic E-state index is 10.9. The predicted molar refractivity (Wildman–Crippen MR) is 102 cm³/mol. The van der Waals surface area contributed by atoms with E-state index in [9.17, 15) is 8.42 Å². The maximum Gasteiger partial charge on any atom is 0.210 e. The summed E-state index contributed by atoms with van der Waals surface area (Å²) in [5.74, 6) is 0.465. The topological polar surface area (TPSA) is 87.8 Å². The van der Waals surface area contributed by atoms with E-state index in [0.29, 0.717) is 24.1 Å². The maximum atomic E-state index is 10.9. The van der Waals surface area contributed by atoms with Crippen LogP contribution in [-0.4, -0.2) is 45.2 Å². The molecule has 6 nitrogen and oxygen atoms in total. The number of halogens is 2. The summed E-state index contributed by atoms with van der Waals surface area (Å²) in [6.45, 7) is 3.41. The molecule has 0 saturated carbocycles. The van der Waals surface area contributed by atoms with Crippen molar-refractivity contribution in [3.05, 3.63) is 34.9 Å². The number of rotatable bonds is 6. The Morgan fingerprint density at radius 3 is 2.45 bits per heavy atom. The molecule has 0 radical (unpaired) electrons. The number of hydrogen-bond donors (Lipinski definition) is 2. The van der Waals surface area contributed by atoms with E-state index in [0.717, 1.165) is 5.56 Å². The summed E-state index contributed by atoms with van der Waals surface area (Å²) in [5.41, 5.74) is 1.08. The predicted octanol–water partition coefficient (Wildman–Crippen LogP) is 1.64. The zero-order valence-electron chi connectivity index (χ0n) is 12.6. The summed E-state index contributed by atoms with van der Waals surface area (Å²) in [5, 5.41) is 8.77. The van der Waals surface area contributed by atoms with Gasteiger partial charge in [0.05, 0.1) is 12.3 Å². The van der Waals surface area contributed by atoms with Gasteiger partial charge in [-0.2, -0.15) is 0 Å². The molecule has 0 aromatic heterocycles. The number of primary sulfonamides is 1. The number of hydrogen-bond acceptors (Lipinski definition) is 3. The first kappa shape index (κ1) is 21.4. The van der Waals surface area contributed by atoms with Gasteiger partial charge >= 0.3 is 0 Å². The van der Waals surface area contributed by atoms with Crippen LogP contribution in [0, 0.1) is 0 Å². The highest BCUT2D eigenvalue weighted by Gasteiger charge is 2.07. The van der Waals surface area contributed by atoms with Crippen LogP contribution in [0.2, 0.25) is 5.02 Å². The lowest BCUT2D eigenvalue weighted by molar-refractivity contribution is 0.477. The summed E-state index contributed by atoms with van der Waals surface area (Å²) >= 11 is 5.85. The van der Waals surface area contributed by atoms with Crippen LogP contribution in [0.3, 0.4) is 0 Å². The molecule has 3 N–H and O–H groups in total. The van der Waals surface area contributed by atoms with Gasteiger partial charge in [0.15, 0.2) is 5.96 Å². The lowest BCUT2D eigenvalue weighted by Crippen LogP contribution is -2.39. The molecule has 1 aromatic carbocycles. The van der Waals surface area contributed by atoms with Crippen molar-refractivity contribution in [3.8, 4) is 0 Å². The molecule has 0 aliphatic rings. The van der Waals surface area contributed by atoms with Crippen LogP contribution in [0.25, 0.3) is 0 Å². The standard InChI is InChI=1S/C13H21ClN4O2S.HI/c1-3-16-13(17-8-9-21(15,19)20)18(2)10-11-4-6-12(14)7-5-11;/h4-7H,3,8-10H2,1-2H3,(H,16,17)(H2,15,19,20);1H. The summed E-state index contributed by atoms with van der Waals surface area (Å²) in [7, 11) is -1.61. The molecule has 0 atom stereocenters. The molecule has 0 saturated heterocycles. The fourth-order valence-corrected chi connectivity index (χ4v) is 2.16. The Hall–Kier alpha value is -0.580. The Morgan fingerprint density at radius 1 is 1.36 bits per heavy atom. The van der Waals surface area contributed by atoms with Crippen LogP contribution in [0.5, 0.6) is 0 Å². The van der Waals surface area contributed by atoms with Crippen molar-refractivity contribution in [2.75, 3.05) is 25.9 Å². The molecule has 0 unspecified atom stereocenters. The quantitative estimate of drug-likeness (QED) is 0.384. The molecule has 0 aliphatic heterocycles. The van der Waals surface area contributed by atoms with Gasteiger partial charge in [0.25, 0.3) is 0 Å². The fraction of sp³-hybridized carbons (Fsp3) is 0.462. The summed E-state index contributed by atoms with van der Waals surface area (Å²) < 4.78 is 21.9. The molecule has 0 aliphatic carbocycles. The zero-order valence-corrected chi connectivity index (χ0v) is 16.5. The molecule has 22 heavy (non-hydrogen) atoms. The monoisotopic (exact) mass is 460 g/mol. The molecule has 9 heteroatoms. The number of sulfonamides is 1. The van der Waals surface area contributed by atoms with Gasteiger partial charge in [-0.25, -0.2) is 13.6 Å². The summed E-state index contributed by atoms with van der Waals surface area (Å²) in [4.78, 5) is 6.17. The normalized spacial score (nSPS) is 11.7. The number of guanidine groups is 1. The molecule has 0 spiro atoms. The molecule has 0 heterocycles. The van der Waals surface area contributed by atoms with E-state index in [1.165, 1.54) is 0 Å². The van der Waals surface area contributed by atoms with Crippen molar-refractivity contribution in [3.63, 3.8) is 0 Å². The van der Waals surface area contributed by atoms with Crippen molar-refractivity contribution < 1.29 is 8.42 Å². The van der Waals surface area contributed by atoms with E-state index in [2.05, 4.69) is 10.3 Å². The van der Waals surface area contributed by atoms with Gasteiger partial charge in [0.2, 0.25) is 10.0 Å². The zero-order chi connectivity index (χ0) is 15.9. The molecule has 1 aromatic rings. The highest BCUT2D eigenvalue weighted by Crippen LogP contribution is 2.10. The fourth-order valence-electron chi connectivity index (χ4n) is 1.69. The van der Waals surface area contributed by atoms with Gasteiger partial charge in [-0.3, -0.25) is 4.99 Å². The molecular weight excluding hydrogens is 439 g/mol. The Bertz CT molecular complexity index is 578. The smallest absolute Gasteiger partial charge is 0.210 e. The van der Waals surface area contributed by atoms with Crippen molar-refractivity contribution in [2.45, 2.75) is 13.5 Å². The largest absolute Gasteiger partial charge is 0.357 e. The average Bonchev–Trinajstić information content (AvgIpc) is 2.39. The van der Waals surface area contributed by atoms with Gasteiger partial charge in [-0.15, -0.1) is 24.0 Å². The van der Waals surface area contributed by atoms with Gasteiger partial charge in [-0.1, -0.05) is 23.7 Å². The van der Waals surface area contributed by atoms with Crippen LogP contribution in [-0.2, 0) is 16.6 Å². The second-order valence-corrected chi connectivity index (χ2v) is 6.76.